The van der Waals surface area contributed by atoms with Gasteiger partial charge in [-0.15, -0.1) is 0 Å². The van der Waals surface area contributed by atoms with Gasteiger partial charge in [-0.25, -0.2) is 0 Å². The third kappa shape index (κ3) is 2.73. The van der Waals surface area contributed by atoms with Crippen LogP contribution in [-0.4, -0.2) is 14.7 Å². The van der Waals surface area contributed by atoms with E-state index >= 15 is 0 Å². The fourth-order valence-corrected chi connectivity index (χ4v) is 21.9. The van der Waals surface area contributed by atoms with Gasteiger partial charge in [0.15, 0.2) is 0 Å². The van der Waals surface area contributed by atoms with Crippen LogP contribution in [0.25, 0.3) is 0 Å². The Balaban J connectivity index is 1.25. The van der Waals surface area contributed by atoms with Crippen LogP contribution in [-0.2, 0) is 0 Å². The summed E-state index contributed by atoms with van der Waals surface area (Å²) in [5.41, 5.74) is 0. The predicted octanol–water partition coefficient (Wildman–Crippen LogP) is 7.47. The molecule has 0 spiro atoms. The molecule has 0 saturated heterocycles. The number of rotatable bonds is 3. The Labute approximate surface area is 172 Å². The van der Waals surface area contributed by atoms with Crippen molar-refractivity contribution in [3.05, 3.63) is 0 Å². The molecule has 150 valence electrons. The van der Waals surface area contributed by atoms with Crippen molar-refractivity contribution in [2.75, 3.05) is 0 Å². The maximum atomic E-state index is 1.70. The van der Waals surface area contributed by atoms with E-state index in [1.54, 1.807) is 96.3 Å². The molecule has 0 aromatic rings. The average Bonchev–Trinajstić information content (AvgIpc) is 2.65. The van der Waals surface area contributed by atoms with Gasteiger partial charge in [0.25, 0.3) is 0 Å². The van der Waals surface area contributed by atoms with Crippen LogP contribution in [0.2, 0.25) is 14.1 Å². The Morgan fingerprint density at radius 1 is 0.407 bits per heavy atom. The Morgan fingerprint density at radius 3 is 1.15 bits per heavy atom. The van der Waals surface area contributed by atoms with E-state index in [1.807, 2.05) is 0 Å². The first kappa shape index (κ1) is 17.3. The first-order chi connectivity index (χ1) is 13.3. The molecule has 0 atom stereocenters. The van der Waals surface area contributed by atoms with Gasteiger partial charge in [0.2, 0.25) is 0 Å². The van der Waals surface area contributed by atoms with Crippen LogP contribution in [0, 0.1) is 47.3 Å². The zero-order chi connectivity index (χ0) is 17.5. The first-order valence-corrected chi connectivity index (χ1v) is 16.3. The van der Waals surface area contributed by atoms with Gasteiger partial charge in [0.05, 0.1) is 0 Å². The molecule has 9 fully saturated rings. The molecule has 0 amide bonds. The molecule has 0 unspecified atom stereocenters. The minimum atomic E-state index is -0.747. The molecule has 9 rings (SSSR count). The molecule has 1 heteroatoms. The summed E-state index contributed by atoms with van der Waals surface area (Å²) in [5, 5.41) is 0. The zero-order valence-corrected chi connectivity index (χ0v) is 19.3. The summed E-state index contributed by atoms with van der Waals surface area (Å²) in [6, 6.07) is 0. The fourth-order valence-electron chi connectivity index (χ4n) is 10.8. The Bertz CT molecular complexity index is 477. The second-order valence-corrected chi connectivity index (χ2v) is 18.5. The van der Waals surface area contributed by atoms with Gasteiger partial charge in [-0.05, 0) is 0 Å². The molecule has 27 heavy (non-hydrogen) atoms. The number of hydrogen-bond donors (Lipinski definition) is 0. The molecule has 9 saturated carbocycles. The Morgan fingerprint density at radius 2 is 0.778 bits per heavy atom. The van der Waals surface area contributed by atoms with E-state index in [0.29, 0.717) is 0 Å². The normalized spacial score (nSPS) is 57.3. The van der Waals surface area contributed by atoms with Crippen molar-refractivity contribution in [2.24, 2.45) is 47.3 Å². The van der Waals surface area contributed by atoms with E-state index in [4.69, 9.17) is 0 Å². The molecule has 9 aliphatic carbocycles. The van der Waals surface area contributed by atoms with Crippen LogP contribution in [0.1, 0.15) is 96.3 Å². The van der Waals surface area contributed by atoms with Gasteiger partial charge >= 0.3 is 172 Å². The molecule has 0 N–H and O–H groups in total. The molecule has 0 nitrogen and oxygen atoms in total. The molecule has 0 aromatic carbocycles. The third-order valence-corrected chi connectivity index (χ3v) is 20.3. The van der Waals surface area contributed by atoms with Crippen LogP contribution < -0.4 is 0 Å². The molecule has 0 aliphatic heterocycles. The molecule has 9 aliphatic rings. The average molecular weight is 429 g/mol. The van der Waals surface area contributed by atoms with Gasteiger partial charge in [-0.3, -0.25) is 0 Å². The minimum absolute atomic E-state index is 0.747. The quantitative estimate of drug-likeness (QED) is 0.409. The van der Waals surface area contributed by atoms with Crippen molar-refractivity contribution in [2.45, 2.75) is 110 Å². The monoisotopic (exact) mass is 428 g/mol. The summed E-state index contributed by atoms with van der Waals surface area (Å²) in [7, 11) is 0. The summed E-state index contributed by atoms with van der Waals surface area (Å²) in [5.74, 6) is 9.68. The van der Waals surface area contributed by atoms with Crippen molar-refractivity contribution in [3.63, 3.8) is 0 Å². The number of hydrogen-bond acceptors (Lipinski definition) is 0. The second kappa shape index (κ2) is 6.53. The molecular formula is C26H41As. The van der Waals surface area contributed by atoms with Crippen molar-refractivity contribution in [3.8, 4) is 0 Å². The van der Waals surface area contributed by atoms with Crippen LogP contribution in [0.3, 0.4) is 0 Å². The van der Waals surface area contributed by atoms with Gasteiger partial charge in [0.1, 0.15) is 0 Å². The van der Waals surface area contributed by atoms with Gasteiger partial charge < -0.3 is 0 Å². The molecule has 0 aromatic heterocycles. The van der Waals surface area contributed by atoms with Crippen LogP contribution in [0.15, 0.2) is 0 Å². The molecule has 0 radical (unpaired) electrons. The maximum absolute atomic E-state index is 1.70. The van der Waals surface area contributed by atoms with E-state index < -0.39 is 14.7 Å². The van der Waals surface area contributed by atoms with Crippen molar-refractivity contribution < 1.29 is 0 Å². The molecule has 0 heterocycles. The van der Waals surface area contributed by atoms with Gasteiger partial charge in [-0.2, -0.15) is 0 Å². The van der Waals surface area contributed by atoms with Crippen LogP contribution in [0.4, 0.5) is 0 Å². The van der Waals surface area contributed by atoms with E-state index in [0.717, 1.165) is 0 Å². The van der Waals surface area contributed by atoms with E-state index in [2.05, 4.69) is 0 Å². The van der Waals surface area contributed by atoms with Gasteiger partial charge in [0, 0.05) is 0 Å². The summed E-state index contributed by atoms with van der Waals surface area (Å²) < 4.78 is 3.95. The van der Waals surface area contributed by atoms with E-state index in [-0.39, 0.29) is 0 Å². The first-order valence-electron chi connectivity index (χ1n) is 13.1. The van der Waals surface area contributed by atoms with Crippen LogP contribution in [0.5, 0.6) is 0 Å². The summed E-state index contributed by atoms with van der Waals surface area (Å²) >= 11 is -0.747. The summed E-state index contributed by atoms with van der Waals surface area (Å²) in [6.07, 6.45) is 25.0. The summed E-state index contributed by atoms with van der Waals surface area (Å²) in [6.45, 7) is 0. The topological polar surface area (TPSA) is 0 Å². The second-order valence-electron chi connectivity index (χ2n) is 12.6. The van der Waals surface area contributed by atoms with Crippen molar-refractivity contribution >= 4 is 14.7 Å². The van der Waals surface area contributed by atoms with E-state index in [9.17, 15) is 0 Å². The summed E-state index contributed by atoms with van der Waals surface area (Å²) in [4.78, 5) is 0. The van der Waals surface area contributed by atoms with Crippen LogP contribution >= 0.6 is 0 Å². The third-order valence-electron chi connectivity index (χ3n) is 11.0. The van der Waals surface area contributed by atoms with Crippen molar-refractivity contribution in [1.29, 1.82) is 0 Å². The Kier molecular flexibility index (Phi) is 4.17. The molecular weight excluding hydrogens is 387 g/mol. The van der Waals surface area contributed by atoms with Gasteiger partial charge in [-0.1, -0.05) is 0 Å². The SMILES string of the molecule is C1CCC([As](C2C3CC4CC(C3)CC2C4)C2C3CC4CC(C3)CC2C4)CC1. The fraction of sp³-hybridized carbons (Fsp3) is 1.00. The predicted molar refractivity (Wildman–Crippen MR) is 114 cm³/mol. The Hall–Kier alpha value is 0.558. The van der Waals surface area contributed by atoms with E-state index in [1.165, 1.54) is 61.5 Å². The molecule has 8 bridgehead atoms. The zero-order valence-electron chi connectivity index (χ0n) is 17.4. The standard InChI is InChI=1S/C26H41As/c1-2-4-24(5-3-1)27(25-20-8-16-6-17(10-20)11-21(25)9-16)26-22-12-18-7-19(14-22)15-23(26)13-18/h16-26H,1-15H2. The van der Waals surface area contributed by atoms with Crippen molar-refractivity contribution in [1.82, 2.24) is 0 Å².